The molecule has 0 saturated heterocycles. The fourth-order valence-corrected chi connectivity index (χ4v) is 1.74. The minimum Gasteiger partial charge on any atom is -0.501 e. The second-order valence-corrected chi connectivity index (χ2v) is 3.49. The van der Waals surface area contributed by atoms with Gasteiger partial charge in [-0.3, -0.25) is 20.2 Å². The van der Waals surface area contributed by atoms with E-state index >= 15 is 0 Å². The lowest BCUT2D eigenvalue weighted by molar-refractivity contribution is -0.396. The fraction of sp³-hybridized carbons (Fsp3) is 0.222. The fourth-order valence-electron chi connectivity index (χ4n) is 1.74. The smallest absolute Gasteiger partial charge is 0.340 e. The average molecular weight is 256 g/mol. The minimum absolute atomic E-state index is 0.326. The summed E-state index contributed by atoms with van der Waals surface area (Å²) in [6.45, 7) is 2.19. The van der Waals surface area contributed by atoms with Gasteiger partial charge in [0.25, 0.3) is 5.69 Å². The maximum absolute atomic E-state index is 10.9. The van der Waals surface area contributed by atoms with E-state index in [2.05, 4.69) is 0 Å². The lowest BCUT2D eigenvalue weighted by Crippen LogP contribution is -2.08. The van der Waals surface area contributed by atoms with Gasteiger partial charge in [-0.15, -0.1) is 0 Å². The molecule has 0 unspecified atom stereocenters. The molecule has 0 aromatic heterocycles. The molecule has 0 bridgehead atoms. The molecular formula is C9H8N2O7. The van der Waals surface area contributed by atoms with Gasteiger partial charge in [-0.05, 0) is 13.8 Å². The van der Waals surface area contributed by atoms with Crippen LogP contribution in [0.25, 0.3) is 0 Å². The van der Waals surface area contributed by atoms with Crippen LogP contribution in [0.4, 0.5) is 11.4 Å². The summed E-state index contributed by atoms with van der Waals surface area (Å²) < 4.78 is 0. The van der Waals surface area contributed by atoms with Crippen LogP contribution in [0, 0.1) is 34.1 Å². The van der Waals surface area contributed by atoms with Gasteiger partial charge in [-0.25, -0.2) is 4.79 Å². The van der Waals surface area contributed by atoms with Crippen LogP contribution in [0.2, 0.25) is 0 Å². The second kappa shape index (κ2) is 4.28. The summed E-state index contributed by atoms with van der Waals surface area (Å²) >= 11 is 0. The molecule has 0 radical (unpaired) electrons. The van der Waals surface area contributed by atoms with Crippen LogP contribution < -0.4 is 0 Å². The normalized spacial score (nSPS) is 10.1. The number of hydrogen-bond donors (Lipinski definition) is 2. The molecular weight excluding hydrogens is 248 g/mol. The van der Waals surface area contributed by atoms with Crippen LogP contribution in [0.3, 0.4) is 0 Å². The molecule has 0 spiro atoms. The molecule has 0 atom stereocenters. The molecule has 96 valence electrons. The van der Waals surface area contributed by atoms with E-state index < -0.39 is 38.5 Å². The maximum Gasteiger partial charge on any atom is 0.340 e. The third kappa shape index (κ3) is 1.81. The Labute approximate surface area is 99.6 Å². The highest BCUT2D eigenvalue weighted by Gasteiger charge is 2.35. The van der Waals surface area contributed by atoms with Gasteiger partial charge >= 0.3 is 11.7 Å². The van der Waals surface area contributed by atoms with Gasteiger partial charge in [0.2, 0.25) is 5.75 Å². The zero-order chi connectivity index (χ0) is 14.2. The molecule has 1 aromatic rings. The van der Waals surface area contributed by atoms with E-state index in [1.165, 1.54) is 0 Å². The Morgan fingerprint density at radius 3 is 1.83 bits per heavy atom. The number of aromatic carboxylic acids is 1. The number of phenols is 1. The first-order valence-electron chi connectivity index (χ1n) is 4.58. The van der Waals surface area contributed by atoms with Crippen LogP contribution in [0.15, 0.2) is 0 Å². The predicted molar refractivity (Wildman–Crippen MR) is 57.8 cm³/mol. The van der Waals surface area contributed by atoms with Crippen molar-refractivity contribution in [2.75, 3.05) is 0 Å². The van der Waals surface area contributed by atoms with Crippen molar-refractivity contribution in [1.82, 2.24) is 0 Å². The zero-order valence-electron chi connectivity index (χ0n) is 9.33. The van der Waals surface area contributed by atoms with Gasteiger partial charge in [-0.2, -0.15) is 0 Å². The first-order chi connectivity index (χ1) is 8.20. The first kappa shape index (κ1) is 13.4. The van der Waals surface area contributed by atoms with Gasteiger partial charge in [0.15, 0.2) is 0 Å². The number of rotatable bonds is 3. The number of carboxylic acid groups (broad SMARTS) is 1. The largest absolute Gasteiger partial charge is 0.501 e. The molecule has 2 N–H and O–H groups in total. The molecule has 0 aliphatic rings. The highest BCUT2D eigenvalue weighted by atomic mass is 16.6. The van der Waals surface area contributed by atoms with Crippen molar-refractivity contribution in [1.29, 1.82) is 0 Å². The van der Waals surface area contributed by atoms with Crippen molar-refractivity contribution < 1.29 is 24.9 Å². The van der Waals surface area contributed by atoms with E-state index in [-0.39, 0.29) is 11.1 Å². The number of carbonyl (C=O) groups is 1. The minimum atomic E-state index is -1.67. The number of hydrogen-bond acceptors (Lipinski definition) is 6. The third-order valence-corrected chi connectivity index (χ3v) is 2.48. The molecule has 0 saturated carbocycles. The topological polar surface area (TPSA) is 144 Å². The molecule has 9 nitrogen and oxygen atoms in total. The Morgan fingerprint density at radius 1 is 1.06 bits per heavy atom. The van der Waals surface area contributed by atoms with Gasteiger partial charge in [-0.1, -0.05) is 0 Å². The highest BCUT2D eigenvalue weighted by Crippen LogP contribution is 2.41. The van der Waals surface area contributed by atoms with E-state index in [4.69, 9.17) is 5.11 Å². The molecule has 9 heteroatoms. The zero-order valence-corrected chi connectivity index (χ0v) is 9.33. The van der Waals surface area contributed by atoms with Crippen LogP contribution in [-0.4, -0.2) is 26.0 Å². The van der Waals surface area contributed by atoms with Crippen LogP contribution in [0.1, 0.15) is 21.5 Å². The number of aromatic hydroxyl groups is 1. The quantitative estimate of drug-likeness (QED) is 0.615. The van der Waals surface area contributed by atoms with Gasteiger partial charge in [0, 0.05) is 5.56 Å². The Kier molecular flexibility index (Phi) is 3.17. The summed E-state index contributed by atoms with van der Waals surface area (Å²) in [6, 6.07) is 0. The molecule has 0 heterocycles. The van der Waals surface area contributed by atoms with E-state index in [9.17, 15) is 30.1 Å². The second-order valence-electron chi connectivity index (χ2n) is 3.49. The number of nitro benzene ring substituents is 2. The molecule has 1 aromatic carbocycles. The van der Waals surface area contributed by atoms with Crippen LogP contribution >= 0.6 is 0 Å². The van der Waals surface area contributed by atoms with Crippen molar-refractivity contribution in [2.45, 2.75) is 13.8 Å². The Bertz CT molecular complexity index is 477. The molecule has 0 aliphatic carbocycles. The third-order valence-electron chi connectivity index (χ3n) is 2.48. The number of carboxylic acids is 1. The van der Waals surface area contributed by atoms with E-state index in [1.807, 2.05) is 0 Å². The molecule has 18 heavy (non-hydrogen) atoms. The summed E-state index contributed by atoms with van der Waals surface area (Å²) in [6.07, 6.45) is 0. The molecule has 0 aliphatic heterocycles. The summed E-state index contributed by atoms with van der Waals surface area (Å²) in [7, 11) is 0. The van der Waals surface area contributed by atoms with Crippen molar-refractivity contribution in [2.24, 2.45) is 0 Å². The molecule has 0 fully saturated rings. The predicted octanol–water partition coefficient (Wildman–Crippen LogP) is 1.52. The molecule has 0 amide bonds. The number of nitro groups is 2. The van der Waals surface area contributed by atoms with Gasteiger partial charge in [0.1, 0.15) is 11.1 Å². The lowest BCUT2D eigenvalue weighted by Gasteiger charge is -2.08. The van der Waals surface area contributed by atoms with E-state index in [0.29, 0.717) is 0 Å². The van der Waals surface area contributed by atoms with Crippen molar-refractivity contribution in [3.8, 4) is 5.75 Å². The van der Waals surface area contributed by atoms with E-state index in [1.54, 1.807) is 0 Å². The van der Waals surface area contributed by atoms with Crippen molar-refractivity contribution in [3.63, 3.8) is 0 Å². The van der Waals surface area contributed by atoms with Gasteiger partial charge < -0.3 is 10.2 Å². The first-order valence-corrected chi connectivity index (χ1v) is 4.58. The summed E-state index contributed by atoms with van der Waals surface area (Å²) in [5.41, 5.74) is -3.20. The van der Waals surface area contributed by atoms with Crippen LogP contribution in [0.5, 0.6) is 5.75 Å². The number of nitrogens with zero attached hydrogens (tertiary/aromatic N) is 2. The highest BCUT2D eigenvalue weighted by molar-refractivity contribution is 5.96. The van der Waals surface area contributed by atoms with E-state index in [0.717, 1.165) is 13.8 Å². The summed E-state index contributed by atoms with van der Waals surface area (Å²) in [4.78, 5) is 30.5. The lowest BCUT2D eigenvalue weighted by atomic mass is 9.99. The van der Waals surface area contributed by atoms with Crippen LogP contribution in [-0.2, 0) is 0 Å². The van der Waals surface area contributed by atoms with Gasteiger partial charge in [0.05, 0.1) is 9.85 Å². The maximum atomic E-state index is 10.9. The van der Waals surface area contributed by atoms with Crippen molar-refractivity contribution >= 4 is 17.3 Å². The van der Waals surface area contributed by atoms with Crippen molar-refractivity contribution in [3.05, 3.63) is 36.9 Å². The monoisotopic (exact) mass is 256 g/mol. The molecule has 1 rings (SSSR count). The number of benzene rings is 1. The Morgan fingerprint density at radius 2 is 1.50 bits per heavy atom. The average Bonchev–Trinajstić information content (AvgIpc) is 2.14. The Balaban J connectivity index is 3.94. The standard InChI is InChI=1S/C9H8N2O7/c1-3-5(9(13)14)8(12)7(11(17)18)4(2)6(3)10(15)16/h12H,1-2H3,(H,13,14). The summed E-state index contributed by atoms with van der Waals surface area (Å²) in [5, 5.41) is 39.9. The Hall–Kier alpha value is -2.71. The summed E-state index contributed by atoms with van der Waals surface area (Å²) in [5.74, 6) is -2.75. The SMILES string of the molecule is Cc1c(C(=O)O)c(O)c([N+](=O)[O-])c(C)c1[N+](=O)[O-].